The summed E-state index contributed by atoms with van der Waals surface area (Å²) in [4.78, 5) is 23.5. The summed E-state index contributed by atoms with van der Waals surface area (Å²) in [5, 5.41) is 6.35. The largest absolute Gasteiger partial charge is 0.464 e. The minimum absolute atomic E-state index is 0. The predicted molar refractivity (Wildman–Crippen MR) is 124 cm³/mol. The molecule has 0 saturated heterocycles. The second kappa shape index (κ2) is 28.1. The van der Waals surface area contributed by atoms with Gasteiger partial charge in [0, 0.05) is 55.2 Å². The number of nitrogens with one attached hydrogen (secondary N) is 2. The molecule has 0 bridgehead atoms. The van der Waals surface area contributed by atoms with E-state index in [0.717, 1.165) is 23.9 Å². The van der Waals surface area contributed by atoms with Crippen LogP contribution in [-0.4, -0.2) is 19.2 Å². The first-order valence-electron chi connectivity index (χ1n) is 8.44. The molecular formula is C23H36N3O2Y-. The maximum absolute atomic E-state index is 10.5. The van der Waals surface area contributed by atoms with Gasteiger partial charge in [0.15, 0.2) is 0 Å². The molecule has 0 atom stereocenters. The molecule has 0 spiro atoms. The van der Waals surface area contributed by atoms with Gasteiger partial charge in [0.25, 0.3) is 0 Å². The molecule has 1 radical (unpaired) electrons. The molecule has 159 valence electrons. The molecule has 0 aliphatic heterocycles. The first kappa shape index (κ1) is 37.6. The number of hydrogen-bond donors (Lipinski definition) is 2. The third kappa shape index (κ3) is 19.0. The van der Waals surface area contributed by atoms with E-state index in [-0.39, 0.29) is 47.6 Å². The van der Waals surface area contributed by atoms with Crippen LogP contribution in [0.5, 0.6) is 0 Å². The van der Waals surface area contributed by atoms with Crippen LogP contribution < -0.4 is 10.6 Å². The van der Waals surface area contributed by atoms with E-state index in [2.05, 4.69) is 22.5 Å². The molecule has 2 rings (SSSR count). The number of carbonyl (C=O) groups excluding carboxylic acids is 2. The number of rotatable bonds is 6. The summed E-state index contributed by atoms with van der Waals surface area (Å²) < 4.78 is 0. The fourth-order valence-corrected chi connectivity index (χ4v) is 1.61. The molecule has 2 N–H and O–H groups in total. The summed E-state index contributed by atoms with van der Waals surface area (Å²) in [6, 6.07) is 14.4. The molecule has 0 aliphatic rings. The molecular weight excluding hydrogens is 439 g/mol. The SMILES string of the molecule is C.C.CC.CC.O=Cc1ccc(NCNc2ccc(C=O)cc2)cc1.[C-]#[N+][CH2-].[Y]. The topological polar surface area (TPSA) is 62.6 Å². The van der Waals surface area contributed by atoms with Crippen LogP contribution in [0.25, 0.3) is 4.85 Å². The van der Waals surface area contributed by atoms with Crippen molar-refractivity contribution in [3.63, 3.8) is 0 Å². The zero-order valence-electron chi connectivity index (χ0n) is 16.5. The molecule has 0 heterocycles. The van der Waals surface area contributed by atoms with Crippen molar-refractivity contribution in [2.45, 2.75) is 42.5 Å². The van der Waals surface area contributed by atoms with Crippen LogP contribution in [0.1, 0.15) is 63.3 Å². The van der Waals surface area contributed by atoms with Crippen molar-refractivity contribution < 1.29 is 42.3 Å². The van der Waals surface area contributed by atoms with Crippen LogP contribution in [0.15, 0.2) is 48.5 Å². The Kier molecular flexibility index (Phi) is 36.4. The van der Waals surface area contributed by atoms with Crippen LogP contribution in [0.2, 0.25) is 0 Å². The monoisotopic (exact) mass is 475 g/mol. The van der Waals surface area contributed by atoms with E-state index in [0.29, 0.717) is 17.8 Å². The smallest absolute Gasteiger partial charge is 0.150 e. The number of carbonyl (C=O) groups is 2. The second-order valence-electron chi connectivity index (χ2n) is 4.17. The van der Waals surface area contributed by atoms with Crippen molar-refractivity contribution in [1.29, 1.82) is 0 Å². The van der Waals surface area contributed by atoms with Crippen molar-refractivity contribution in [1.82, 2.24) is 0 Å². The minimum atomic E-state index is 0. The van der Waals surface area contributed by atoms with Gasteiger partial charge in [-0.25, -0.2) is 0 Å². The molecule has 0 aromatic heterocycles. The van der Waals surface area contributed by atoms with Gasteiger partial charge in [-0.05, 0) is 48.5 Å². The van der Waals surface area contributed by atoms with Crippen LogP contribution in [0.4, 0.5) is 11.4 Å². The molecule has 0 unspecified atom stereocenters. The fraction of sp³-hybridized carbons (Fsp3) is 0.304. The van der Waals surface area contributed by atoms with Crippen LogP contribution in [-0.2, 0) is 32.7 Å². The van der Waals surface area contributed by atoms with Crippen molar-refractivity contribution in [2.75, 3.05) is 17.3 Å². The second-order valence-corrected chi connectivity index (χ2v) is 4.17. The summed E-state index contributed by atoms with van der Waals surface area (Å²) in [5.41, 5.74) is 3.18. The van der Waals surface area contributed by atoms with Crippen LogP contribution in [0, 0.1) is 13.6 Å². The van der Waals surface area contributed by atoms with E-state index in [1.165, 1.54) is 0 Å². The number of anilines is 2. The fourth-order valence-electron chi connectivity index (χ4n) is 1.61. The van der Waals surface area contributed by atoms with Crippen molar-refractivity contribution in [2.24, 2.45) is 0 Å². The quantitative estimate of drug-likeness (QED) is 0.274. The average Bonchev–Trinajstić information content (AvgIpc) is 2.73. The summed E-state index contributed by atoms with van der Waals surface area (Å²) in [6.07, 6.45) is 1.63. The minimum Gasteiger partial charge on any atom is -0.464 e. The molecule has 2 aromatic carbocycles. The van der Waals surface area contributed by atoms with E-state index in [4.69, 9.17) is 6.57 Å². The Morgan fingerprint density at radius 3 is 1.24 bits per heavy atom. The van der Waals surface area contributed by atoms with Gasteiger partial charge in [-0.3, -0.25) is 16.2 Å². The Morgan fingerprint density at radius 1 is 0.793 bits per heavy atom. The molecule has 0 saturated carbocycles. The summed E-state index contributed by atoms with van der Waals surface area (Å²) in [5.74, 6) is 0. The average molecular weight is 475 g/mol. The molecule has 0 amide bonds. The third-order valence-corrected chi connectivity index (χ3v) is 2.68. The van der Waals surface area contributed by atoms with E-state index in [9.17, 15) is 9.59 Å². The Morgan fingerprint density at radius 2 is 1.03 bits per heavy atom. The summed E-state index contributed by atoms with van der Waals surface area (Å²) >= 11 is 0. The predicted octanol–water partition coefficient (Wildman–Crippen LogP) is 6.81. The van der Waals surface area contributed by atoms with Gasteiger partial charge >= 0.3 is 0 Å². The van der Waals surface area contributed by atoms with Gasteiger partial charge < -0.3 is 15.5 Å². The van der Waals surface area contributed by atoms with Crippen LogP contribution >= 0.6 is 0 Å². The van der Waals surface area contributed by atoms with Gasteiger partial charge in [-0.1, -0.05) is 49.6 Å². The first-order chi connectivity index (χ1) is 12.7. The molecule has 0 aliphatic carbocycles. The zero-order chi connectivity index (χ0) is 20.2. The van der Waals surface area contributed by atoms with Crippen molar-refractivity contribution in [3.05, 3.63) is 78.1 Å². The van der Waals surface area contributed by atoms with E-state index >= 15 is 0 Å². The van der Waals surface area contributed by atoms with Crippen molar-refractivity contribution >= 4 is 23.9 Å². The normalized spacial score (nSPS) is 7.00. The van der Waals surface area contributed by atoms with Gasteiger partial charge in [-0.2, -0.15) is 0 Å². The molecule has 5 nitrogen and oxygen atoms in total. The Labute approximate surface area is 203 Å². The van der Waals surface area contributed by atoms with E-state index in [1.54, 1.807) is 24.3 Å². The standard InChI is InChI=1S/C15H14N2O2.C2H2N.2C2H6.2CH4.Y/c18-9-12-1-5-14(6-2-12)16-11-17-15-7-3-13(10-19)4-8-15;1-3-2;2*1-2;;;/h1-10,16-17H,11H2;1H2;2*1-2H3;2*1H4;/q;-1;;;;;. The molecule has 0 fully saturated rings. The molecule has 2 aromatic rings. The number of aldehydes is 2. The van der Waals surface area contributed by atoms with E-state index < -0.39 is 0 Å². The number of nitrogens with zero attached hydrogens (tertiary/aromatic N) is 1. The maximum atomic E-state index is 10.5. The van der Waals surface area contributed by atoms with Gasteiger partial charge in [0.05, 0.1) is 6.67 Å². The Hall–Kier alpha value is -2.16. The first-order valence-corrected chi connectivity index (χ1v) is 8.44. The number of benzene rings is 2. The van der Waals surface area contributed by atoms with Crippen molar-refractivity contribution in [3.8, 4) is 0 Å². The molecule has 6 heteroatoms. The third-order valence-electron chi connectivity index (χ3n) is 2.68. The van der Waals surface area contributed by atoms with Crippen LogP contribution in [0.3, 0.4) is 0 Å². The number of hydrogen-bond acceptors (Lipinski definition) is 4. The van der Waals surface area contributed by atoms with Gasteiger partial charge in [0.2, 0.25) is 0 Å². The van der Waals surface area contributed by atoms with Gasteiger partial charge in [0.1, 0.15) is 12.6 Å². The summed E-state index contributed by atoms with van der Waals surface area (Å²) in [7, 11) is 2.78. The zero-order valence-corrected chi connectivity index (χ0v) is 19.4. The van der Waals surface area contributed by atoms with Gasteiger partial charge in [-0.15, -0.1) is 0 Å². The Balaban J connectivity index is -0.000000172. The molecule has 29 heavy (non-hydrogen) atoms. The summed E-state index contributed by atoms with van der Waals surface area (Å²) in [6.45, 7) is 14.3. The van der Waals surface area contributed by atoms with E-state index in [1.807, 2.05) is 52.0 Å². The Bertz CT molecular complexity index is 585. The maximum Gasteiger partial charge on any atom is 0.150 e.